The smallest absolute Gasteiger partial charge is 0.303 e. The number of benzene rings is 2. The first kappa shape index (κ1) is 36.8. The summed E-state index contributed by atoms with van der Waals surface area (Å²) in [4.78, 5) is 13.6. The van der Waals surface area contributed by atoms with Gasteiger partial charge < -0.3 is 10.0 Å². The van der Waals surface area contributed by atoms with Crippen molar-refractivity contribution in [1.82, 2.24) is 0 Å². The molecular weight excluding hydrogens is 656 g/mol. The van der Waals surface area contributed by atoms with Gasteiger partial charge in [0.25, 0.3) is 10.1 Å². The fourth-order valence-electron chi connectivity index (χ4n) is 7.78. The first-order valence-corrected chi connectivity index (χ1v) is 19.5. The molecule has 7 nitrogen and oxygen atoms in total. The van der Waals surface area contributed by atoms with Crippen LogP contribution in [0.2, 0.25) is 0 Å². The maximum absolute atomic E-state index is 11.6. The zero-order valence-electron chi connectivity index (χ0n) is 29.2. The highest BCUT2D eigenvalue weighted by atomic mass is 35.5. The van der Waals surface area contributed by atoms with Crippen LogP contribution in [0, 0.1) is 0 Å². The number of nitrogens with zero attached hydrogens (tertiary/aromatic N) is 2. The summed E-state index contributed by atoms with van der Waals surface area (Å²) in [7, 11) is -4.11. The van der Waals surface area contributed by atoms with Crippen molar-refractivity contribution in [3.8, 4) is 0 Å². The summed E-state index contributed by atoms with van der Waals surface area (Å²) in [6, 6.07) is 16.7. The van der Waals surface area contributed by atoms with Crippen molar-refractivity contribution in [1.29, 1.82) is 0 Å². The highest BCUT2D eigenvalue weighted by molar-refractivity contribution is 7.85. The molecule has 0 fully saturated rings. The summed E-state index contributed by atoms with van der Waals surface area (Å²) in [5.74, 6) is -1.17. The molecule has 262 valence electrons. The normalized spacial score (nSPS) is 22.1. The Kier molecular flexibility index (Phi) is 11.4. The summed E-state index contributed by atoms with van der Waals surface area (Å²) >= 11 is 7.18. The van der Waals surface area contributed by atoms with Gasteiger partial charge in [0.1, 0.15) is 6.54 Å². The molecule has 0 bridgehead atoms. The molecule has 1 aliphatic carbocycles. The van der Waals surface area contributed by atoms with Gasteiger partial charge in [0, 0.05) is 58.9 Å². The van der Waals surface area contributed by atoms with Gasteiger partial charge in [-0.2, -0.15) is 13.0 Å². The molecule has 0 saturated heterocycles. The van der Waals surface area contributed by atoms with Gasteiger partial charge in [-0.15, -0.1) is 0 Å². The number of para-hydroxylation sites is 2. The molecule has 0 saturated carbocycles. The minimum Gasteiger partial charge on any atom is -0.481 e. The molecule has 2 aliphatic heterocycles. The third kappa shape index (κ3) is 7.97. The first-order chi connectivity index (χ1) is 23.3. The number of carboxylic acids is 1. The average molecular weight is 706 g/mol. The van der Waals surface area contributed by atoms with Crippen molar-refractivity contribution in [2.75, 3.05) is 23.7 Å². The maximum atomic E-state index is 11.6. The molecular formula is C40H50ClN2O5S+. The van der Waals surface area contributed by atoms with Crippen LogP contribution in [0.3, 0.4) is 0 Å². The Morgan fingerprint density at radius 1 is 0.980 bits per heavy atom. The Morgan fingerprint density at radius 2 is 1.69 bits per heavy atom. The van der Waals surface area contributed by atoms with Crippen molar-refractivity contribution >= 4 is 44.8 Å². The van der Waals surface area contributed by atoms with E-state index >= 15 is 0 Å². The second kappa shape index (κ2) is 15.2. The number of carboxylic acid groups (broad SMARTS) is 1. The Morgan fingerprint density at radius 3 is 2.41 bits per heavy atom. The van der Waals surface area contributed by atoms with Gasteiger partial charge in [-0.3, -0.25) is 9.35 Å². The predicted octanol–water partition coefficient (Wildman–Crippen LogP) is 9.22. The van der Waals surface area contributed by atoms with Crippen LogP contribution in [0.15, 0.2) is 94.7 Å². The molecule has 0 aromatic heterocycles. The largest absolute Gasteiger partial charge is 0.481 e. The molecule has 9 heteroatoms. The number of hydrogen-bond acceptors (Lipinski definition) is 4. The Hall–Kier alpha value is -3.46. The van der Waals surface area contributed by atoms with Crippen LogP contribution in [0.1, 0.15) is 96.6 Å². The summed E-state index contributed by atoms with van der Waals surface area (Å²) in [5.41, 5.74) is 8.45. The number of halogens is 1. The molecule has 0 spiro atoms. The molecule has 5 rings (SSSR count). The van der Waals surface area contributed by atoms with Crippen LogP contribution < -0.4 is 4.90 Å². The third-order valence-corrected chi connectivity index (χ3v) is 11.7. The van der Waals surface area contributed by atoms with Crippen LogP contribution in [0.4, 0.5) is 11.4 Å². The first-order valence-electron chi connectivity index (χ1n) is 17.5. The van der Waals surface area contributed by atoms with E-state index in [4.69, 9.17) is 11.6 Å². The summed E-state index contributed by atoms with van der Waals surface area (Å²) < 4.78 is 35.1. The zero-order valence-corrected chi connectivity index (χ0v) is 30.8. The van der Waals surface area contributed by atoms with E-state index in [1.807, 2.05) is 18.2 Å². The number of rotatable bonds is 14. The lowest BCUT2D eigenvalue weighted by atomic mass is 9.77. The molecule has 0 amide bonds. The zero-order chi connectivity index (χ0) is 35.4. The molecule has 2 aromatic carbocycles. The SMILES string of the molecule is CCCC[N+]1=C(/C=C/C2=C(Cl)C(=C/C=C3/N(CCCS(=O)(=O)O)c4ccccc4C3(C)CCCC(=O)O)/CCC2)C(C)(C)c2ccccc21. The number of fused-ring (bicyclic) bond motifs is 2. The van der Waals surface area contributed by atoms with E-state index < -0.39 is 21.5 Å². The number of aliphatic carboxylic acids is 1. The van der Waals surface area contributed by atoms with Gasteiger partial charge >= 0.3 is 5.97 Å². The van der Waals surface area contributed by atoms with E-state index in [0.29, 0.717) is 19.4 Å². The van der Waals surface area contributed by atoms with E-state index in [1.165, 1.54) is 17.0 Å². The molecule has 3 aliphatic rings. The highest BCUT2D eigenvalue weighted by Gasteiger charge is 2.44. The second-order valence-electron chi connectivity index (χ2n) is 14.2. The summed E-state index contributed by atoms with van der Waals surface area (Å²) in [6.07, 6.45) is 15.0. The van der Waals surface area contributed by atoms with Crippen LogP contribution in [0.25, 0.3) is 0 Å². The van der Waals surface area contributed by atoms with Crippen molar-refractivity contribution in [2.24, 2.45) is 0 Å². The topological polar surface area (TPSA) is 97.9 Å². The van der Waals surface area contributed by atoms with Gasteiger partial charge in [0.15, 0.2) is 5.71 Å². The lowest BCUT2D eigenvalue weighted by Gasteiger charge is -2.30. The Balaban J connectivity index is 1.51. The van der Waals surface area contributed by atoms with Crippen molar-refractivity contribution < 1.29 is 27.4 Å². The Bertz CT molecular complexity index is 1850. The summed E-state index contributed by atoms with van der Waals surface area (Å²) in [6.45, 7) is 10.3. The minimum absolute atomic E-state index is 0.0654. The van der Waals surface area contributed by atoms with Crippen LogP contribution >= 0.6 is 11.6 Å². The molecule has 2 N–H and O–H groups in total. The minimum atomic E-state index is -4.11. The van der Waals surface area contributed by atoms with E-state index in [2.05, 4.69) is 91.8 Å². The predicted molar refractivity (Wildman–Crippen MR) is 200 cm³/mol. The fourth-order valence-corrected chi connectivity index (χ4v) is 8.59. The molecule has 2 heterocycles. The van der Waals surface area contributed by atoms with Crippen molar-refractivity contribution in [3.05, 3.63) is 106 Å². The van der Waals surface area contributed by atoms with E-state index in [0.717, 1.165) is 71.8 Å². The molecule has 1 atom stereocenters. The number of anilines is 1. The average Bonchev–Trinajstić information content (AvgIpc) is 3.41. The number of carbonyl (C=O) groups is 1. The van der Waals surface area contributed by atoms with E-state index in [1.54, 1.807) is 0 Å². The standard InChI is InChI=1S/C40H49ClN2O5S/c1-5-6-26-42-33-18-9-7-16-31(33)39(2,3)35(42)23-21-29-14-11-15-30(38(29)41)22-24-36-40(4,25-12-20-37(44)45)32-17-8-10-19-34(32)43(36)27-13-28-49(46,47)48/h7-10,16-19,21-24H,5-6,11-15,20,25-28H2,1-4H3,(H-,44,45,46,47,48)/p+1. The van der Waals surface area contributed by atoms with Crippen LogP contribution in [0.5, 0.6) is 0 Å². The lowest BCUT2D eigenvalue weighted by molar-refractivity contribution is -0.438. The number of allylic oxidation sites excluding steroid dienone is 8. The Labute approximate surface area is 297 Å². The van der Waals surface area contributed by atoms with Crippen LogP contribution in [-0.4, -0.2) is 53.2 Å². The van der Waals surface area contributed by atoms with Crippen LogP contribution in [-0.2, 0) is 25.7 Å². The van der Waals surface area contributed by atoms with Crippen molar-refractivity contribution in [2.45, 2.75) is 96.3 Å². The summed E-state index contributed by atoms with van der Waals surface area (Å²) in [5, 5.41) is 10.2. The molecule has 2 aromatic rings. The number of unbranched alkanes of at least 4 members (excludes halogenated alkanes) is 1. The molecule has 1 unspecified atom stereocenters. The van der Waals surface area contributed by atoms with Gasteiger partial charge in [-0.25, -0.2) is 0 Å². The van der Waals surface area contributed by atoms with Gasteiger partial charge in [0.2, 0.25) is 5.69 Å². The van der Waals surface area contributed by atoms with Crippen molar-refractivity contribution in [3.63, 3.8) is 0 Å². The molecule has 49 heavy (non-hydrogen) atoms. The monoisotopic (exact) mass is 705 g/mol. The third-order valence-electron chi connectivity index (χ3n) is 10.4. The van der Waals surface area contributed by atoms with Gasteiger partial charge in [-0.05, 0) is 88.1 Å². The number of hydrogen-bond donors (Lipinski definition) is 2. The second-order valence-corrected chi connectivity index (χ2v) is 16.1. The highest BCUT2D eigenvalue weighted by Crippen LogP contribution is 2.51. The maximum Gasteiger partial charge on any atom is 0.303 e. The van der Waals surface area contributed by atoms with E-state index in [-0.39, 0.29) is 24.0 Å². The quantitative estimate of drug-likeness (QED) is 0.150. The van der Waals surface area contributed by atoms with Gasteiger partial charge in [-0.1, -0.05) is 73.5 Å². The van der Waals surface area contributed by atoms with E-state index in [9.17, 15) is 22.9 Å². The molecule has 0 radical (unpaired) electrons. The van der Waals surface area contributed by atoms with Gasteiger partial charge in [0.05, 0.1) is 11.2 Å². The lowest BCUT2D eigenvalue weighted by Crippen LogP contribution is -2.30. The fraction of sp³-hybridized carbons (Fsp3) is 0.450.